The second kappa shape index (κ2) is 6.68. The van der Waals surface area contributed by atoms with Crippen LogP contribution < -0.4 is 4.90 Å². The summed E-state index contributed by atoms with van der Waals surface area (Å²) in [4.78, 5) is 11.1. The van der Waals surface area contributed by atoms with Crippen molar-refractivity contribution >= 4 is 16.6 Å². The fourth-order valence-electron chi connectivity index (χ4n) is 3.90. The third-order valence-electron chi connectivity index (χ3n) is 5.33. The maximum atomic E-state index is 13.8. The molecule has 1 aromatic carbocycles. The quantitative estimate of drug-likeness (QED) is 0.784. The molecular formula is C20H23FN4O. The minimum absolute atomic E-state index is 0.179. The van der Waals surface area contributed by atoms with E-state index >= 15 is 0 Å². The Hall–Kier alpha value is -2.47. The largest absolute Gasteiger partial charge is 0.385 e. The van der Waals surface area contributed by atoms with E-state index in [1.165, 1.54) is 6.07 Å². The molecule has 1 N–H and O–H groups in total. The van der Waals surface area contributed by atoms with Gasteiger partial charge >= 0.3 is 0 Å². The number of aryl methyl sites for hydroxylation is 2. The second-order valence-corrected chi connectivity index (χ2v) is 7.11. The third-order valence-corrected chi connectivity index (χ3v) is 5.33. The third kappa shape index (κ3) is 3.05. The summed E-state index contributed by atoms with van der Waals surface area (Å²) in [7, 11) is 1.90. The minimum Gasteiger partial charge on any atom is -0.385 e. The summed E-state index contributed by atoms with van der Waals surface area (Å²) >= 11 is 0. The van der Waals surface area contributed by atoms with Crippen LogP contribution in [0.15, 0.2) is 36.7 Å². The lowest BCUT2D eigenvalue weighted by Gasteiger charge is -2.36. The Balaban J connectivity index is 1.56. The van der Waals surface area contributed by atoms with Gasteiger partial charge in [0, 0.05) is 49.3 Å². The van der Waals surface area contributed by atoms with Crippen LogP contribution in [0.4, 0.5) is 10.1 Å². The van der Waals surface area contributed by atoms with Crippen LogP contribution >= 0.6 is 0 Å². The molecule has 1 unspecified atom stereocenters. The molecule has 1 fully saturated rings. The zero-order valence-electron chi connectivity index (χ0n) is 15.1. The van der Waals surface area contributed by atoms with Gasteiger partial charge in [-0.05, 0) is 49.9 Å². The normalized spacial score (nSPS) is 17.0. The molecule has 6 heteroatoms. The SMILES string of the molecule is Cc1cc(N2CCC(C(O)c3nccn3C)CC2)c2cc(F)ccc2n1. The molecule has 26 heavy (non-hydrogen) atoms. The van der Waals surface area contributed by atoms with Crippen LogP contribution in [0.1, 0.15) is 30.5 Å². The average Bonchev–Trinajstić information content (AvgIpc) is 3.07. The van der Waals surface area contributed by atoms with Crippen molar-refractivity contribution in [2.24, 2.45) is 13.0 Å². The Kier molecular flexibility index (Phi) is 4.36. The highest BCUT2D eigenvalue weighted by atomic mass is 19.1. The van der Waals surface area contributed by atoms with Crippen LogP contribution in [-0.4, -0.2) is 32.7 Å². The Morgan fingerprint density at radius 2 is 2.00 bits per heavy atom. The number of aliphatic hydroxyl groups excluding tert-OH is 1. The van der Waals surface area contributed by atoms with Crippen molar-refractivity contribution in [2.45, 2.75) is 25.9 Å². The first-order valence-electron chi connectivity index (χ1n) is 9.00. The predicted molar refractivity (Wildman–Crippen MR) is 99.5 cm³/mol. The first-order valence-corrected chi connectivity index (χ1v) is 9.00. The smallest absolute Gasteiger partial charge is 0.137 e. The minimum atomic E-state index is -0.550. The summed E-state index contributed by atoms with van der Waals surface area (Å²) in [6.45, 7) is 3.60. The number of hydrogen-bond acceptors (Lipinski definition) is 4. The number of rotatable bonds is 3. The molecule has 0 radical (unpaired) electrons. The van der Waals surface area contributed by atoms with Gasteiger partial charge in [0.25, 0.3) is 0 Å². The highest BCUT2D eigenvalue weighted by Crippen LogP contribution is 2.34. The van der Waals surface area contributed by atoms with Gasteiger partial charge in [0.15, 0.2) is 0 Å². The maximum absolute atomic E-state index is 13.8. The zero-order valence-corrected chi connectivity index (χ0v) is 15.1. The number of halogens is 1. The Labute approximate surface area is 152 Å². The number of aromatic nitrogens is 3. The van der Waals surface area contributed by atoms with E-state index in [9.17, 15) is 9.50 Å². The summed E-state index contributed by atoms with van der Waals surface area (Å²) in [6.07, 6.45) is 4.76. The molecule has 0 saturated carbocycles. The van der Waals surface area contributed by atoms with Crippen molar-refractivity contribution in [3.8, 4) is 0 Å². The number of piperidine rings is 1. The molecule has 0 amide bonds. The van der Waals surface area contributed by atoms with Crippen molar-refractivity contribution in [1.29, 1.82) is 0 Å². The zero-order chi connectivity index (χ0) is 18.3. The Bertz CT molecular complexity index is 931. The van der Waals surface area contributed by atoms with Gasteiger partial charge in [0.2, 0.25) is 0 Å². The van der Waals surface area contributed by atoms with E-state index in [2.05, 4.69) is 14.9 Å². The topological polar surface area (TPSA) is 54.2 Å². The molecule has 0 spiro atoms. The van der Waals surface area contributed by atoms with Crippen molar-refractivity contribution in [1.82, 2.24) is 14.5 Å². The van der Waals surface area contributed by atoms with Crippen molar-refractivity contribution in [3.63, 3.8) is 0 Å². The molecule has 3 aromatic rings. The standard InChI is InChI=1S/C20H23FN4O/c1-13-11-18(16-12-15(21)3-4-17(16)23-13)25-8-5-14(6-9-25)19(26)20-22-7-10-24(20)2/h3-4,7,10-12,14,19,26H,5-6,8-9H2,1-2H3. The molecule has 3 heterocycles. The summed E-state index contributed by atoms with van der Waals surface area (Å²) in [6, 6.07) is 6.77. The van der Waals surface area contributed by atoms with E-state index in [1.54, 1.807) is 18.3 Å². The fourth-order valence-corrected chi connectivity index (χ4v) is 3.90. The van der Waals surface area contributed by atoms with Gasteiger partial charge in [0.1, 0.15) is 17.7 Å². The molecule has 1 saturated heterocycles. The van der Waals surface area contributed by atoms with Crippen LogP contribution in [0.2, 0.25) is 0 Å². The first-order chi connectivity index (χ1) is 12.5. The number of imidazole rings is 1. The van der Waals surface area contributed by atoms with Gasteiger partial charge in [-0.3, -0.25) is 4.98 Å². The summed E-state index contributed by atoms with van der Waals surface area (Å²) in [5.41, 5.74) is 2.77. The molecule has 1 aliphatic heterocycles. The molecule has 0 aliphatic carbocycles. The number of anilines is 1. The van der Waals surface area contributed by atoms with Crippen LogP contribution in [-0.2, 0) is 7.05 Å². The lowest BCUT2D eigenvalue weighted by Crippen LogP contribution is -2.36. The highest BCUT2D eigenvalue weighted by molar-refractivity contribution is 5.92. The summed E-state index contributed by atoms with van der Waals surface area (Å²) in [5, 5.41) is 11.5. The predicted octanol–water partition coefficient (Wildman–Crippen LogP) is 3.37. The number of fused-ring (bicyclic) bond motifs is 1. The molecule has 5 nitrogen and oxygen atoms in total. The van der Waals surface area contributed by atoms with Gasteiger partial charge in [-0.2, -0.15) is 0 Å². The monoisotopic (exact) mass is 354 g/mol. The highest BCUT2D eigenvalue weighted by Gasteiger charge is 2.29. The number of pyridine rings is 1. The van der Waals surface area contributed by atoms with Crippen LogP contribution in [0.3, 0.4) is 0 Å². The summed E-state index contributed by atoms with van der Waals surface area (Å²) < 4.78 is 15.6. The Morgan fingerprint density at radius 1 is 1.23 bits per heavy atom. The Morgan fingerprint density at radius 3 is 2.69 bits per heavy atom. The number of benzene rings is 1. The van der Waals surface area contributed by atoms with Crippen LogP contribution in [0.5, 0.6) is 0 Å². The van der Waals surface area contributed by atoms with Gasteiger partial charge in [0.05, 0.1) is 5.52 Å². The molecule has 136 valence electrons. The van der Waals surface area contributed by atoms with Crippen LogP contribution in [0.25, 0.3) is 10.9 Å². The van der Waals surface area contributed by atoms with E-state index in [-0.39, 0.29) is 11.7 Å². The fraction of sp³-hybridized carbons (Fsp3) is 0.400. The number of aliphatic hydroxyl groups is 1. The van der Waals surface area contributed by atoms with Crippen molar-refractivity contribution in [2.75, 3.05) is 18.0 Å². The molecule has 2 aromatic heterocycles. The maximum Gasteiger partial charge on any atom is 0.137 e. The van der Waals surface area contributed by atoms with E-state index in [1.807, 2.05) is 30.8 Å². The van der Waals surface area contributed by atoms with Crippen molar-refractivity contribution in [3.05, 3.63) is 54.0 Å². The van der Waals surface area contributed by atoms with Gasteiger partial charge in [-0.1, -0.05) is 0 Å². The van der Waals surface area contributed by atoms with Gasteiger partial charge in [-0.25, -0.2) is 9.37 Å². The second-order valence-electron chi connectivity index (χ2n) is 7.11. The molecule has 0 bridgehead atoms. The molecular weight excluding hydrogens is 331 g/mol. The molecule has 1 atom stereocenters. The van der Waals surface area contributed by atoms with E-state index in [0.29, 0.717) is 0 Å². The lowest BCUT2D eigenvalue weighted by atomic mass is 9.90. The van der Waals surface area contributed by atoms with Crippen LogP contribution in [0, 0.1) is 18.7 Å². The van der Waals surface area contributed by atoms with Gasteiger partial charge in [-0.15, -0.1) is 0 Å². The first kappa shape index (κ1) is 17.0. The lowest BCUT2D eigenvalue weighted by molar-refractivity contribution is 0.0825. The number of hydrogen-bond donors (Lipinski definition) is 1. The van der Waals surface area contributed by atoms with E-state index in [0.717, 1.165) is 54.0 Å². The number of nitrogens with zero attached hydrogens (tertiary/aromatic N) is 4. The van der Waals surface area contributed by atoms with Crippen molar-refractivity contribution < 1.29 is 9.50 Å². The summed E-state index contributed by atoms with van der Waals surface area (Å²) in [5.74, 6) is 0.651. The van der Waals surface area contributed by atoms with E-state index < -0.39 is 6.10 Å². The van der Waals surface area contributed by atoms with Gasteiger partial charge < -0.3 is 14.6 Å². The molecule has 4 rings (SSSR count). The average molecular weight is 354 g/mol. The van der Waals surface area contributed by atoms with E-state index in [4.69, 9.17) is 0 Å². The molecule has 1 aliphatic rings.